The van der Waals surface area contributed by atoms with Gasteiger partial charge in [-0.2, -0.15) is 0 Å². The first-order valence-corrected chi connectivity index (χ1v) is 7.41. The fourth-order valence-corrected chi connectivity index (χ4v) is 2.57. The van der Waals surface area contributed by atoms with Gasteiger partial charge < -0.3 is 10.2 Å². The van der Waals surface area contributed by atoms with E-state index in [1.807, 2.05) is 18.2 Å². The van der Waals surface area contributed by atoms with Gasteiger partial charge >= 0.3 is 0 Å². The fourth-order valence-electron chi connectivity index (χ4n) is 2.57. The number of rotatable bonds is 7. The Morgan fingerprint density at radius 2 is 2.14 bits per heavy atom. The van der Waals surface area contributed by atoms with Crippen molar-refractivity contribution in [2.75, 3.05) is 19.6 Å². The van der Waals surface area contributed by atoms with Crippen molar-refractivity contribution < 1.29 is 9.59 Å². The van der Waals surface area contributed by atoms with E-state index in [1.54, 1.807) is 11.0 Å². The van der Waals surface area contributed by atoms with Crippen molar-refractivity contribution in [1.29, 1.82) is 0 Å². The van der Waals surface area contributed by atoms with E-state index in [0.717, 1.165) is 12.8 Å². The highest BCUT2D eigenvalue weighted by atomic mass is 16.2. The Hall–Kier alpha value is -2.10. The first-order chi connectivity index (χ1) is 10.2. The normalized spacial score (nSPS) is 17.8. The van der Waals surface area contributed by atoms with E-state index in [4.69, 9.17) is 0 Å². The number of aryl methyl sites for hydroxylation is 1. The molecule has 0 bridgehead atoms. The van der Waals surface area contributed by atoms with E-state index in [2.05, 4.69) is 24.0 Å². The molecule has 2 rings (SSSR count). The van der Waals surface area contributed by atoms with Gasteiger partial charge in [-0.3, -0.25) is 9.59 Å². The van der Waals surface area contributed by atoms with Crippen LogP contribution in [-0.4, -0.2) is 36.3 Å². The lowest BCUT2D eigenvalue weighted by atomic mass is 10.1. The summed E-state index contributed by atoms with van der Waals surface area (Å²) in [7, 11) is 0. The van der Waals surface area contributed by atoms with E-state index in [1.165, 1.54) is 5.56 Å². The second kappa shape index (κ2) is 7.62. The molecule has 0 aromatic heterocycles. The molecule has 1 heterocycles. The number of likely N-dealkylation sites (tertiary alicyclic amines) is 1. The van der Waals surface area contributed by atoms with Crippen molar-refractivity contribution in [3.05, 3.63) is 48.6 Å². The first-order valence-electron chi connectivity index (χ1n) is 7.41. The molecule has 4 nitrogen and oxygen atoms in total. The minimum atomic E-state index is -0.214. The number of nitrogens with one attached hydrogen (secondary N) is 1. The molecule has 4 heteroatoms. The molecule has 1 unspecified atom stereocenters. The number of nitrogens with zero attached hydrogens (tertiary/aromatic N) is 1. The number of hydrogen-bond acceptors (Lipinski definition) is 2. The maximum absolute atomic E-state index is 12.0. The van der Waals surface area contributed by atoms with Gasteiger partial charge in [-0.25, -0.2) is 0 Å². The zero-order chi connectivity index (χ0) is 15.1. The van der Waals surface area contributed by atoms with E-state index in [9.17, 15) is 9.59 Å². The van der Waals surface area contributed by atoms with Crippen molar-refractivity contribution in [1.82, 2.24) is 10.2 Å². The summed E-state index contributed by atoms with van der Waals surface area (Å²) in [4.78, 5) is 25.4. The van der Waals surface area contributed by atoms with Gasteiger partial charge in [0.25, 0.3) is 0 Å². The second-order valence-corrected chi connectivity index (χ2v) is 5.37. The molecule has 0 spiro atoms. The first kappa shape index (κ1) is 15.3. The number of benzene rings is 1. The van der Waals surface area contributed by atoms with Crippen LogP contribution in [0.25, 0.3) is 0 Å². The Kier molecular flexibility index (Phi) is 5.55. The van der Waals surface area contributed by atoms with Gasteiger partial charge in [0, 0.05) is 26.1 Å². The van der Waals surface area contributed by atoms with E-state index in [-0.39, 0.29) is 17.7 Å². The molecule has 1 aromatic carbocycles. The molecule has 112 valence electrons. The zero-order valence-corrected chi connectivity index (χ0v) is 12.3. The van der Waals surface area contributed by atoms with Crippen LogP contribution in [0.5, 0.6) is 0 Å². The molecule has 1 N–H and O–H groups in total. The Morgan fingerprint density at radius 1 is 1.38 bits per heavy atom. The van der Waals surface area contributed by atoms with Crippen molar-refractivity contribution in [3.8, 4) is 0 Å². The summed E-state index contributed by atoms with van der Waals surface area (Å²) in [5.41, 5.74) is 1.28. The van der Waals surface area contributed by atoms with Crippen molar-refractivity contribution in [2.24, 2.45) is 5.92 Å². The van der Waals surface area contributed by atoms with Crippen LogP contribution in [0.1, 0.15) is 18.4 Å². The highest BCUT2D eigenvalue weighted by Crippen LogP contribution is 2.17. The van der Waals surface area contributed by atoms with Crippen LogP contribution >= 0.6 is 0 Å². The average Bonchev–Trinajstić information content (AvgIpc) is 2.86. The molecule has 1 aromatic rings. The Balaban J connectivity index is 1.68. The monoisotopic (exact) mass is 286 g/mol. The molecular formula is C17H22N2O2. The third kappa shape index (κ3) is 4.45. The van der Waals surface area contributed by atoms with E-state index < -0.39 is 0 Å². The minimum Gasteiger partial charge on any atom is -0.356 e. The van der Waals surface area contributed by atoms with E-state index in [0.29, 0.717) is 26.1 Å². The van der Waals surface area contributed by atoms with Gasteiger partial charge in [0.05, 0.1) is 5.92 Å². The number of amides is 2. The van der Waals surface area contributed by atoms with Gasteiger partial charge in [-0.1, -0.05) is 36.4 Å². The Morgan fingerprint density at radius 3 is 2.86 bits per heavy atom. The highest BCUT2D eigenvalue weighted by Gasteiger charge is 2.33. The maximum Gasteiger partial charge on any atom is 0.225 e. The quantitative estimate of drug-likeness (QED) is 0.613. The summed E-state index contributed by atoms with van der Waals surface area (Å²) in [5.74, 6) is -0.184. The van der Waals surface area contributed by atoms with Crippen molar-refractivity contribution in [2.45, 2.75) is 19.3 Å². The summed E-state index contributed by atoms with van der Waals surface area (Å²) in [6, 6.07) is 10.2. The maximum atomic E-state index is 12.0. The molecular weight excluding hydrogens is 264 g/mol. The summed E-state index contributed by atoms with van der Waals surface area (Å²) in [6.07, 6.45) is 3.87. The predicted molar refractivity (Wildman–Crippen MR) is 82.7 cm³/mol. The van der Waals surface area contributed by atoms with Crippen LogP contribution in [0.2, 0.25) is 0 Å². The number of carbonyl (C=O) groups is 2. The van der Waals surface area contributed by atoms with Crippen LogP contribution in [0, 0.1) is 5.92 Å². The lowest BCUT2D eigenvalue weighted by molar-refractivity contribution is -0.128. The smallest absolute Gasteiger partial charge is 0.225 e. The third-order valence-corrected chi connectivity index (χ3v) is 3.72. The van der Waals surface area contributed by atoms with Crippen molar-refractivity contribution in [3.63, 3.8) is 0 Å². The fraction of sp³-hybridized carbons (Fsp3) is 0.412. The van der Waals surface area contributed by atoms with Gasteiger partial charge in [0.2, 0.25) is 11.8 Å². The lowest BCUT2D eigenvalue weighted by Crippen LogP contribution is -2.33. The van der Waals surface area contributed by atoms with Crippen LogP contribution in [0.4, 0.5) is 0 Å². The summed E-state index contributed by atoms with van der Waals surface area (Å²) < 4.78 is 0. The standard InChI is InChI=1S/C17H22N2O2/c1-2-11-19-13-15(12-16(19)20)17(21)18-10-6-9-14-7-4-3-5-8-14/h2-5,7-8,15H,1,6,9-13H2,(H,18,21). The lowest BCUT2D eigenvalue weighted by Gasteiger charge is -2.14. The molecule has 1 atom stereocenters. The number of hydrogen-bond donors (Lipinski definition) is 1. The predicted octanol–water partition coefficient (Wildman–Crippen LogP) is 1.77. The van der Waals surface area contributed by atoms with Gasteiger partial charge in [-0.05, 0) is 18.4 Å². The summed E-state index contributed by atoms with van der Waals surface area (Å²) >= 11 is 0. The molecule has 0 aliphatic carbocycles. The molecule has 1 aliphatic heterocycles. The van der Waals surface area contributed by atoms with Gasteiger partial charge in [0.1, 0.15) is 0 Å². The molecule has 2 amide bonds. The van der Waals surface area contributed by atoms with E-state index >= 15 is 0 Å². The topological polar surface area (TPSA) is 49.4 Å². The zero-order valence-electron chi connectivity index (χ0n) is 12.3. The molecule has 1 fully saturated rings. The van der Waals surface area contributed by atoms with Crippen LogP contribution in [-0.2, 0) is 16.0 Å². The second-order valence-electron chi connectivity index (χ2n) is 5.37. The molecule has 0 radical (unpaired) electrons. The van der Waals surface area contributed by atoms with Crippen LogP contribution in [0.15, 0.2) is 43.0 Å². The van der Waals surface area contributed by atoms with Crippen LogP contribution in [0.3, 0.4) is 0 Å². The summed E-state index contributed by atoms with van der Waals surface area (Å²) in [5, 5.41) is 2.93. The van der Waals surface area contributed by atoms with Gasteiger partial charge in [-0.15, -0.1) is 6.58 Å². The Labute approximate surface area is 125 Å². The SMILES string of the molecule is C=CCN1CC(C(=O)NCCCc2ccccc2)CC1=O. The number of carbonyl (C=O) groups excluding carboxylic acids is 2. The largest absolute Gasteiger partial charge is 0.356 e. The van der Waals surface area contributed by atoms with Crippen molar-refractivity contribution >= 4 is 11.8 Å². The molecule has 1 saturated heterocycles. The van der Waals surface area contributed by atoms with Gasteiger partial charge in [0.15, 0.2) is 0 Å². The summed E-state index contributed by atoms with van der Waals surface area (Å²) in [6.45, 7) is 5.31. The molecule has 21 heavy (non-hydrogen) atoms. The van der Waals surface area contributed by atoms with Crippen LogP contribution < -0.4 is 5.32 Å². The highest BCUT2D eigenvalue weighted by molar-refractivity contribution is 5.89. The minimum absolute atomic E-state index is 0.0111. The molecule has 1 aliphatic rings. The Bertz CT molecular complexity index is 499. The average molecular weight is 286 g/mol. The third-order valence-electron chi connectivity index (χ3n) is 3.72. The molecule has 0 saturated carbocycles.